The number of aliphatic hydroxyl groups is 1. The van der Waals surface area contributed by atoms with Crippen LogP contribution in [0.3, 0.4) is 0 Å². The highest BCUT2D eigenvalue weighted by Gasteiger charge is 2.32. The number of alkyl halides is 3. The molecule has 0 radical (unpaired) electrons. The fraction of sp³-hybridized carbons (Fsp3) is 0.333. The van der Waals surface area contributed by atoms with E-state index in [1.807, 2.05) is 5.32 Å². The van der Waals surface area contributed by atoms with Gasteiger partial charge in [-0.2, -0.15) is 13.2 Å². The summed E-state index contributed by atoms with van der Waals surface area (Å²) in [7, 11) is 0.988. The Balaban J connectivity index is 3.04. The predicted octanol–water partition coefficient (Wildman–Crippen LogP) is 1.11. The first kappa shape index (κ1) is 16.9. The Labute approximate surface area is 116 Å². The van der Waals surface area contributed by atoms with Gasteiger partial charge in [-0.15, -0.1) is 0 Å². The Bertz CT molecular complexity index is 545. The van der Waals surface area contributed by atoms with Crippen molar-refractivity contribution in [3.8, 4) is 0 Å². The zero-order valence-corrected chi connectivity index (χ0v) is 10.7. The lowest BCUT2D eigenvalue weighted by atomic mass is 10.1. The SMILES string of the molecule is COC(=O)C(CO)NC(=O)c1cc(C(F)(F)F)ccc1F. The third-order valence-corrected chi connectivity index (χ3v) is 2.51. The molecule has 1 rings (SSSR count). The smallest absolute Gasteiger partial charge is 0.416 e. The summed E-state index contributed by atoms with van der Waals surface area (Å²) in [6, 6.07) is -0.215. The molecule has 1 atom stereocenters. The average Bonchev–Trinajstić information content (AvgIpc) is 2.42. The number of hydrogen-bond acceptors (Lipinski definition) is 4. The fourth-order valence-corrected chi connectivity index (χ4v) is 1.43. The fourth-order valence-electron chi connectivity index (χ4n) is 1.43. The molecule has 0 saturated heterocycles. The van der Waals surface area contributed by atoms with Crippen LogP contribution >= 0.6 is 0 Å². The quantitative estimate of drug-likeness (QED) is 0.645. The van der Waals surface area contributed by atoms with Crippen LogP contribution in [0.2, 0.25) is 0 Å². The molecule has 0 aliphatic rings. The van der Waals surface area contributed by atoms with Crippen LogP contribution in [-0.4, -0.2) is 36.7 Å². The van der Waals surface area contributed by atoms with Gasteiger partial charge in [-0.1, -0.05) is 0 Å². The zero-order valence-electron chi connectivity index (χ0n) is 10.7. The van der Waals surface area contributed by atoms with E-state index >= 15 is 0 Å². The highest BCUT2D eigenvalue weighted by molar-refractivity contribution is 5.97. The molecule has 1 aromatic carbocycles. The van der Waals surface area contributed by atoms with E-state index in [-0.39, 0.29) is 0 Å². The van der Waals surface area contributed by atoms with Crippen LogP contribution in [0.1, 0.15) is 15.9 Å². The Hall–Kier alpha value is -2.16. The molecule has 0 fully saturated rings. The number of carbonyl (C=O) groups is 2. The average molecular weight is 309 g/mol. The first-order valence-corrected chi connectivity index (χ1v) is 5.57. The largest absolute Gasteiger partial charge is 0.467 e. The topological polar surface area (TPSA) is 75.6 Å². The van der Waals surface area contributed by atoms with Crippen molar-refractivity contribution in [1.82, 2.24) is 5.32 Å². The number of methoxy groups -OCH3 is 1. The predicted molar refractivity (Wildman–Crippen MR) is 61.8 cm³/mol. The molecule has 21 heavy (non-hydrogen) atoms. The number of rotatable bonds is 4. The second-order valence-corrected chi connectivity index (χ2v) is 3.92. The van der Waals surface area contributed by atoms with Crippen LogP contribution in [0.4, 0.5) is 17.6 Å². The van der Waals surface area contributed by atoms with Gasteiger partial charge in [0.25, 0.3) is 5.91 Å². The zero-order chi connectivity index (χ0) is 16.2. The Kier molecular flexibility index (Phi) is 5.25. The molecule has 1 unspecified atom stereocenters. The minimum Gasteiger partial charge on any atom is -0.467 e. The Morgan fingerprint density at radius 2 is 2.00 bits per heavy atom. The Morgan fingerprint density at radius 3 is 2.48 bits per heavy atom. The number of aliphatic hydroxyl groups excluding tert-OH is 1. The first-order valence-electron chi connectivity index (χ1n) is 5.57. The molecule has 0 aliphatic carbocycles. The summed E-state index contributed by atoms with van der Waals surface area (Å²) in [5, 5.41) is 10.8. The minimum atomic E-state index is -4.75. The third kappa shape index (κ3) is 4.15. The van der Waals surface area contributed by atoms with Gasteiger partial charge in [-0.3, -0.25) is 4.79 Å². The van der Waals surface area contributed by atoms with E-state index in [9.17, 15) is 27.2 Å². The van der Waals surface area contributed by atoms with Gasteiger partial charge in [0.15, 0.2) is 6.04 Å². The molecule has 2 N–H and O–H groups in total. The molecular weight excluding hydrogens is 298 g/mol. The molecule has 0 aliphatic heterocycles. The number of carbonyl (C=O) groups excluding carboxylic acids is 2. The van der Waals surface area contributed by atoms with Crippen LogP contribution in [-0.2, 0) is 15.7 Å². The summed E-state index contributed by atoms with van der Waals surface area (Å²) >= 11 is 0. The van der Waals surface area contributed by atoms with Crippen LogP contribution < -0.4 is 5.32 Å². The molecule has 1 aromatic rings. The van der Waals surface area contributed by atoms with Crippen molar-refractivity contribution in [3.05, 3.63) is 35.1 Å². The monoisotopic (exact) mass is 309 g/mol. The van der Waals surface area contributed by atoms with Gasteiger partial charge in [-0.05, 0) is 18.2 Å². The molecule has 116 valence electrons. The standard InChI is InChI=1S/C12H11F4NO4/c1-21-11(20)9(5-18)17-10(19)7-4-6(12(14,15)16)2-3-8(7)13/h2-4,9,18H,5H2,1H3,(H,17,19). The van der Waals surface area contributed by atoms with Gasteiger partial charge in [0.05, 0.1) is 24.8 Å². The molecule has 0 aromatic heterocycles. The van der Waals surface area contributed by atoms with Crippen molar-refractivity contribution in [3.63, 3.8) is 0 Å². The molecule has 1 amide bonds. The molecule has 5 nitrogen and oxygen atoms in total. The molecule has 9 heteroatoms. The number of ether oxygens (including phenoxy) is 1. The van der Waals surface area contributed by atoms with Crippen LogP contribution in [0.25, 0.3) is 0 Å². The maximum absolute atomic E-state index is 13.4. The molecular formula is C12H11F4NO4. The lowest BCUT2D eigenvalue weighted by Crippen LogP contribution is -2.44. The van der Waals surface area contributed by atoms with E-state index in [2.05, 4.69) is 4.74 Å². The summed E-state index contributed by atoms with van der Waals surface area (Å²) in [5.74, 6) is -3.48. The second kappa shape index (κ2) is 6.53. The number of esters is 1. The van der Waals surface area contributed by atoms with E-state index in [1.54, 1.807) is 0 Å². The highest BCUT2D eigenvalue weighted by atomic mass is 19.4. The maximum atomic E-state index is 13.4. The van der Waals surface area contributed by atoms with E-state index in [0.717, 1.165) is 7.11 Å². The van der Waals surface area contributed by atoms with E-state index in [4.69, 9.17) is 5.11 Å². The summed E-state index contributed by atoms with van der Waals surface area (Å²) in [6.07, 6.45) is -4.75. The van der Waals surface area contributed by atoms with Gasteiger partial charge in [-0.25, -0.2) is 9.18 Å². The van der Waals surface area contributed by atoms with Crippen molar-refractivity contribution in [1.29, 1.82) is 0 Å². The van der Waals surface area contributed by atoms with Crippen molar-refractivity contribution < 1.29 is 37.0 Å². The molecule has 0 heterocycles. The number of benzene rings is 1. The van der Waals surface area contributed by atoms with E-state index < -0.39 is 47.6 Å². The number of nitrogens with one attached hydrogen (secondary N) is 1. The number of halogens is 4. The molecule has 0 spiro atoms. The van der Waals surface area contributed by atoms with Gasteiger partial charge < -0.3 is 15.2 Å². The van der Waals surface area contributed by atoms with Crippen molar-refractivity contribution in [2.45, 2.75) is 12.2 Å². The summed E-state index contributed by atoms with van der Waals surface area (Å²) in [6.45, 7) is -0.848. The van der Waals surface area contributed by atoms with Crippen LogP contribution in [0.5, 0.6) is 0 Å². The van der Waals surface area contributed by atoms with Gasteiger partial charge >= 0.3 is 12.1 Å². The van der Waals surface area contributed by atoms with Crippen LogP contribution in [0.15, 0.2) is 18.2 Å². The number of hydrogen-bond donors (Lipinski definition) is 2. The lowest BCUT2D eigenvalue weighted by molar-refractivity contribution is -0.144. The van der Waals surface area contributed by atoms with Crippen molar-refractivity contribution in [2.75, 3.05) is 13.7 Å². The normalized spacial score (nSPS) is 12.7. The van der Waals surface area contributed by atoms with Gasteiger partial charge in [0.2, 0.25) is 0 Å². The first-order chi connectivity index (χ1) is 9.70. The summed E-state index contributed by atoms with van der Waals surface area (Å²) in [5.41, 5.74) is -2.11. The number of amides is 1. The van der Waals surface area contributed by atoms with Crippen LogP contribution in [0, 0.1) is 5.82 Å². The third-order valence-electron chi connectivity index (χ3n) is 2.51. The maximum Gasteiger partial charge on any atom is 0.416 e. The van der Waals surface area contributed by atoms with Crippen molar-refractivity contribution >= 4 is 11.9 Å². The van der Waals surface area contributed by atoms with Gasteiger partial charge in [0, 0.05) is 0 Å². The minimum absolute atomic E-state index is 0.316. The molecule has 0 saturated carbocycles. The second-order valence-electron chi connectivity index (χ2n) is 3.92. The summed E-state index contributed by atoms with van der Waals surface area (Å²) in [4.78, 5) is 22.8. The highest BCUT2D eigenvalue weighted by Crippen LogP contribution is 2.30. The van der Waals surface area contributed by atoms with E-state index in [0.29, 0.717) is 18.2 Å². The molecule has 0 bridgehead atoms. The summed E-state index contributed by atoms with van der Waals surface area (Å²) < 4.78 is 55.2. The Morgan fingerprint density at radius 1 is 1.38 bits per heavy atom. The lowest BCUT2D eigenvalue weighted by Gasteiger charge is -2.15. The van der Waals surface area contributed by atoms with Gasteiger partial charge in [0.1, 0.15) is 5.82 Å². The van der Waals surface area contributed by atoms with Crippen molar-refractivity contribution in [2.24, 2.45) is 0 Å². The van der Waals surface area contributed by atoms with E-state index in [1.165, 1.54) is 0 Å².